The maximum Gasteiger partial charge on any atom is 0.318 e. The van der Waals surface area contributed by atoms with E-state index in [1.54, 1.807) is 23.4 Å². The first-order chi connectivity index (χ1) is 13.5. The standard InChI is InChI=1S/C21H24N4O3/c1-14(2)25-18-9-11-24(13-17(18)23-21(25)27)20(26)16-12-22-10-8-19(16)28-15-6-4-3-5-7-15/h3-8,10,12,14,17-18H,9,11,13H2,1-2H3,(H,23,27)/t17-,18+/m1/s1. The average Bonchev–Trinajstić information content (AvgIpc) is 3.03. The number of likely N-dealkylation sites (tertiary alicyclic amines) is 1. The molecule has 0 unspecified atom stereocenters. The number of nitrogens with zero attached hydrogens (tertiary/aromatic N) is 3. The van der Waals surface area contributed by atoms with Gasteiger partial charge in [0.1, 0.15) is 17.1 Å². The fourth-order valence-corrected chi connectivity index (χ4v) is 4.02. The maximum absolute atomic E-state index is 13.2. The van der Waals surface area contributed by atoms with E-state index in [1.165, 1.54) is 0 Å². The largest absolute Gasteiger partial charge is 0.456 e. The maximum atomic E-state index is 13.2. The molecule has 1 N–H and O–H groups in total. The number of pyridine rings is 1. The van der Waals surface area contributed by atoms with Crippen molar-refractivity contribution in [3.05, 3.63) is 54.4 Å². The van der Waals surface area contributed by atoms with Gasteiger partial charge in [-0.3, -0.25) is 9.78 Å². The van der Waals surface area contributed by atoms with Crippen LogP contribution in [0.5, 0.6) is 11.5 Å². The van der Waals surface area contributed by atoms with Crippen molar-refractivity contribution >= 4 is 11.9 Å². The molecule has 7 heteroatoms. The molecule has 2 aromatic rings. The zero-order chi connectivity index (χ0) is 19.7. The zero-order valence-corrected chi connectivity index (χ0v) is 16.0. The van der Waals surface area contributed by atoms with Crippen molar-refractivity contribution in [3.63, 3.8) is 0 Å². The molecule has 1 aromatic carbocycles. The second kappa shape index (κ2) is 7.50. The Kier molecular flexibility index (Phi) is 4.90. The number of fused-ring (bicyclic) bond motifs is 1. The summed E-state index contributed by atoms with van der Waals surface area (Å²) in [6, 6.07) is 11.2. The Balaban J connectivity index is 1.51. The number of nitrogens with one attached hydrogen (secondary N) is 1. The van der Waals surface area contributed by atoms with Crippen LogP contribution in [0.4, 0.5) is 4.79 Å². The third kappa shape index (κ3) is 3.40. The molecule has 0 spiro atoms. The highest BCUT2D eigenvalue weighted by Gasteiger charge is 2.44. The normalized spacial score (nSPS) is 21.5. The second-order valence-electron chi connectivity index (χ2n) is 7.45. The number of hydrogen-bond donors (Lipinski definition) is 1. The summed E-state index contributed by atoms with van der Waals surface area (Å²) in [5.41, 5.74) is 0.426. The fraction of sp³-hybridized carbons (Fsp3) is 0.381. The molecule has 2 fully saturated rings. The first-order valence-corrected chi connectivity index (χ1v) is 9.59. The second-order valence-corrected chi connectivity index (χ2v) is 7.45. The quantitative estimate of drug-likeness (QED) is 0.885. The van der Waals surface area contributed by atoms with E-state index < -0.39 is 0 Å². The van der Waals surface area contributed by atoms with E-state index in [0.29, 0.717) is 30.2 Å². The summed E-state index contributed by atoms with van der Waals surface area (Å²) in [6.07, 6.45) is 3.90. The van der Waals surface area contributed by atoms with Crippen LogP contribution in [0.3, 0.4) is 0 Å². The highest BCUT2D eigenvalue weighted by atomic mass is 16.5. The number of rotatable bonds is 4. The predicted molar refractivity (Wildman–Crippen MR) is 104 cm³/mol. The first kappa shape index (κ1) is 18.3. The van der Waals surface area contributed by atoms with Gasteiger partial charge in [-0.2, -0.15) is 0 Å². The molecule has 2 saturated heterocycles. The molecule has 28 heavy (non-hydrogen) atoms. The third-order valence-electron chi connectivity index (χ3n) is 5.30. The molecule has 7 nitrogen and oxygen atoms in total. The van der Waals surface area contributed by atoms with Crippen LogP contribution in [-0.4, -0.2) is 57.9 Å². The minimum absolute atomic E-state index is 0.0474. The van der Waals surface area contributed by atoms with Crippen LogP contribution in [0, 0.1) is 0 Å². The molecule has 4 rings (SSSR count). The van der Waals surface area contributed by atoms with Gasteiger partial charge in [0.2, 0.25) is 0 Å². The molecule has 2 atom stereocenters. The first-order valence-electron chi connectivity index (χ1n) is 9.59. The Hall–Kier alpha value is -3.09. The number of hydrogen-bond acceptors (Lipinski definition) is 4. The smallest absolute Gasteiger partial charge is 0.318 e. The molecule has 1 aromatic heterocycles. The van der Waals surface area contributed by atoms with E-state index in [2.05, 4.69) is 10.3 Å². The van der Waals surface area contributed by atoms with E-state index in [4.69, 9.17) is 4.74 Å². The number of carbonyl (C=O) groups excluding carboxylic acids is 2. The number of urea groups is 1. The molecule has 146 valence electrons. The molecule has 2 aliphatic heterocycles. The fourth-order valence-electron chi connectivity index (χ4n) is 4.02. The van der Waals surface area contributed by atoms with E-state index in [1.807, 2.05) is 49.1 Å². The average molecular weight is 380 g/mol. The lowest BCUT2D eigenvalue weighted by Crippen LogP contribution is -2.53. The lowest BCUT2D eigenvalue weighted by atomic mass is 9.98. The SMILES string of the molecule is CC(C)N1C(=O)N[C@@H]2CN(C(=O)c3cnccc3Oc3ccccc3)CC[C@@H]21. The van der Waals surface area contributed by atoms with Gasteiger partial charge in [0, 0.05) is 31.5 Å². The lowest BCUT2D eigenvalue weighted by molar-refractivity contribution is 0.0642. The minimum atomic E-state index is -0.130. The van der Waals surface area contributed by atoms with Crippen molar-refractivity contribution in [2.45, 2.75) is 38.4 Å². The van der Waals surface area contributed by atoms with Gasteiger partial charge in [-0.25, -0.2) is 4.79 Å². The van der Waals surface area contributed by atoms with E-state index >= 15 is 0 Å². The Morgan fingerprint density at radius 3 is 2.79 bits per heavy atom. The van der Waals surface area contributed by atoms with Crippen LogP contribution in [0.25, 0.3) is 0 Å². The topological polar surface area (TPSA) is 74.8 Å². The van der Waals surface area contributed by atoms with Crippen molar-refractivity contribution in [1.29, 1.82) is 0 Å². The summed E-state index contributed by atoms with van der Waals surface area (Å²) in [5.74, 6) is 1.01. The van der Waals surface area contributed by atoms with Gasteiger partial charge >= 0.3 is 6.03 Å². The van der Waals surface area contributed by atoms with Crippen molar-refractivity contribution in [1.82, 2.24) is 20.1 Å². The van der Waals surface area contributed by atoms with Gasteiger partial charge in [0.15, 0.2) is 0 Å². The highest BCUT2D eigenvalue weighted by molar-refractivity contribution is 5.97. The third-order valence-corrected chi connectivity index (χ3v) is 5.30. The highest BCUT2D eigenvalue weighted by Crippen LogP contribution is 2.29. The Morgan fingerprint density at radius 1 is 1.25 bits per heavy atom. The van der Waals surface area contributed by atoms with Crippen LogP contribution >= 0.6 is 0 Å². The number of para-hydroxylation sites is 1. The molecular weight excluding hydrogens is 356 g/mol. The molecule has 0 bridgehead atoms. The summed E-state index contributed by atoms with van der Waals surface area (Å²) in [6.45, 7) is 5.11. The number of aromatic nitrogens is 1. The summed E-state index contributed by atoms with van der Waals surface area (Å²) in [7, 11) is 0. The van der Waals surface area contributed by atoms with Gasteiger partial charge in [-0.1, -0.05) is 18.2 Å². The number of piperidine rings is 1. The van der Waals surface area contributed by atoms with Crippen LogP contribution in [0.1, 0.15) is 30.6 Å². The number of benzene rings is 1. The van der Waals surface area contributed by atoms with Crippen LogP contribution in [0.15, 0.2) is 48.8 Å². The van der Waals surface area contributed by atoms with Crippen molar-refractivity contribution in [3.8, 4) is 11.5 Å². The molecule has 3 amide bonds. The summed E-state index contributed by atoms with van der Waals surface area (Å²) < 4.78 is 5.91. The van der Waals surface area contributed by atoms with E-state index in [0.717, 1.165) is 6.42 Å². The van der Waals surface area contributed by atoms with Gasteiger partial charge in [-0.05, 0) is 38.5 Å². The van der Waals surface area contributed by atoms with E-state index in [-0.39, 0.29) is 30.1 Å². The van der Waals surface area contributed by atoms with Gasteiger partial charge in [-0.15, -0.1) is 0 Å². The van der Waals surface area contributed by atoms with Gasteiger partial charge in [0.25, 0.3) is 5.91 Å². The van der Waals surface area contributed by atoms with E-state index in [9.17, 15) is 9.59 Å². The summed E-state index contributed by atoms with van der Waals surface area (Å²) >= 11 is 0. The van der Waals surface area contributed by atoms with Crippen molar-refractivity contribution < 1.29 is 14.3 Å². The number of amides is 3. The lowest BCUT2D eigenvalue weighted by Gasteiger charge is -2.38. The molecule has 0 aliphatic carbocycles. The number of carbonyl (C=O) groups is 2. The summed E-state index contributed by atoms with van der Waals surface area (Å²) in [5, 5.41) is 3.02. The van der Waals surface area contributed by atoms with Crippen LogP contribution in [-0.2, 0) is 0 Å². The zero-order valence-electron chi connectivity index (χ0n) is 16.0. The van der Waals surface area contributed by atoms with Crippen molar-refractivity contribution in [2.75, 3.05) is 13.1 Å². The van der Waals surface area contributed by atoms with Gasteiger partial charge in [0.05, 0.1) is 12.1 Å². The predicted octanol–water partition coefficient (Wildman–Crippen LogP) is 2.89. The monoisotopic (exact) mass is 380 g/mol. The van der Waals surface area contributed by atoms with Crippen molar-refractivity contribution in [2.24, 2.45) is 0 Å². The molecule has 3 heterocycles. The molecule has 0 radical (unpaired) electrons. The Bertz CT molecular complexity index is 871. The van der Waals surface area contributed by atoms with Gasteiger partial charge < -0.3 is 19.9 Å². The van der Waals surface area contributed by atoms with Crippen LogP contribution < -0.4 is 10.1 Å². The minimum Gasteiger partial charge on any atom is -0.456 e. The Morgan fingerprint density at radius 2 is 2.04 bits per heavy atom. The molecule has 0 saturated carbocycles. The molecule has 2 aliphatic rings. The summed E-state index contributed by atoms with van der Waals surface area (Å²) in [4.78, 5) is 33.2. The Labute approximate surface area is 164 Å². The van der Waals surface area contributed by atoms with Crippen LogP contribution in [0.2, 0.25) is 0 Å². The molecular formula is C21H24N4O3. The number of ether oxygens (including phenoxy) is 1.